The maximum absolute atomic E-state index is 13.4. The van der Waals surface area contributed by atoms with Crippen LogP contribution in [0.2, 0.25) is 5.02 Å². The number of halogens is 3. The molecule has 0 saturated heterocycles. The van der Waals surface area contributed by atoms with Gasteiger partial charge in [-0.05, 0) is 35.9 Å². The van der Waals surface area contributed by atoms with Gasteiger partial charge in [0.05, 0.1) is 11.8 Å². The number of rotatable bonds is 4. The normalized spacial score (nSPS) is 10.9. The smallest absolute Gasteiger partial charge is 0.273 e. The molecule has 150 valence electrons. The number of benzene rings is 3. The molecule has 0 bridgehead atoms. The summed E-state index contributed by atoms with van der Waals surface area (Å²) in [5.74, 6) is -2.22. The van der Waals surface area contributed by atoms with Gasteiger partial charge in [-0.25, -0.2) is 14.2 Å². The number of hydrogen-bond acceptors (Lipinski definition) is 3. The van der Waals surface area contributed by atoms with Gasteiger partial charge >= 0.3 is 0 Å². The lowest BCUT2D eigenvalue weighted by atomic mass is 10.1. The second-order valence-corrected chi connectivity index (χ2v) is 7.04. The van der Waals surface area contributed by atoms with E-state index in [0.29, 0.717) is 27.1 Å². The van der Waals surface area contributed by atoms with Crippen LogP contribution in [-0.2, 0) is 11.2 Å². The molecule has 1 N–H and O–H groups in total. The molecule has 0 atom stereocenters. The van der Waals surface area contributed by atoms with Crippen LogP contribution in [0.5, 0.6) is 0 Å². The molecule has 8 heteroatoms. The Bertz CT molecular complexity index is 1300. The van der Waals surface area contributed by atoms with E-state index in [-0.39, 0.29) is 12.0 Å². The maximum atomic E-state index is 13.4. The van der Waals surface area contributed by atoms with Crippen LogP contribution < -0.4 is 11.0 Å². The first-order valence-electron chi connectivity index (χ1n) is 8.93. The van der Waals surface area contributed by atoms with Gasteiger partial charge in [0.1, 0.15) is 17.3 Å². The number of hydrogen-bond donors (Lipinski definition) is 1. The van der Waals surface area contributed by atoms with E-state index in [9.17, 15) is 18.4 Å². The molecule has 0 radical (unpaired) electrons. The summed E-state index contributed by atoms with van der Waals surface area (Å²) in [5, 5.41) is 5.82. The molecule has 30 heavy (non-hydrogen) atoms. The third-order valence-electron chi connectivity index (χ3n) is 4.44. The first-order chi connectivity index (χ1) is 14.4. The average Bonchev–Trinajstić information content (AvgIpc) is 2.70. The molecular weight excluding hydrogens is 412 g/mol. The van der Waals surface area contributed by atoms with E-state index in [1.807, 2.05) is 0 Å². The van der Waals surface area contributed by atoms with Crippen molar-refractivity contribution < 1.29 is 13.6 Å². The van der Waals surface area contributed by atoms with Gasteiger partial charge in [0.15, 0.2) is 0 Å². The lowest BCUT2D eigenvalue weighted by Crippen LogP contribution is -2.36. The molecule has 0 spiro atoms. The number of aromatic nitrogens is 2. The van der Waals surface area contributed by atoms with Crippen molar-refractivity contribution in [3.63, 3.8) is 0 Å². The number of fused-ring (bicyclic) bond motifs is 1. The zero-order chi connectivity index (χ0) is 21.3. The predicted octanol–water partition coefficient (Wildman–Crippen LogP) is 4.31. The van der Waals surface area contributed by atoms with Gasteiger partial charge in [-0.15, -0.1) is 9.89 Å². The molecular formula is C22H14ClF2N3O2. The van der Waals surface area contributed by atoms with Crippen LogP contribution in [0.3, 0.4) is 0 Å². The summed E-state index contributed by atoms with van der Waals surface area (Å²) in [5.41, 5.74) is 3.18. The molecule has 0 aliphatic heterocycles. The SMILES string of the molecule is O=C(Cc1cc(F)cc(F)c1)Nn1nc(-c2ccc(Cl)cc2)c2ccccc2c1=O. The van der Waals surface area contributed by atoms with Gasteiger partial charge in [-0.1, -0.05) is 41.9 Å². The van der Waals surface area contributed by atoms with E-state index < -0.39 is 23.1 Å². The maximum Gasteiger partial charge on any atom is 0.294 e. The first kappa shape index (κ1) is 19.7. The molecule has 1 aromatic heterocycles. The fourth-order valence-electron chi connectivity index (χ4n) is 3.14. The molecule has 4 aromatic rings. The molecule has 1 heterocycles. The number of amides is 1. The Balaban J connectivity index is 1.73. The fraction of sp³-hybridized carbons (Fsp3) is 0.0455. The van der Waals surface area contributed by atoms with E-state index in [1.54, 1.807) is 48.5 Å². The zero-order valence-electron chi connectivity index (χ0n) is 15.4. The molecule has 0 aliphatic carbocycles. The van der Waals surface area contributed by atoms with Crippen molar-refractivity contribution in [2.24, 2.45) is 0 Å². The Labute approximate surface area is 174 Å². The Morgan fingerprint density at radius 1 is 0.967 bits per heavy atom. The minimum atomic E-state index is -0.788. The van der Waals surface area contributed by atoms with Crippen LogP contribution in [-0.4, -0.2) is 15.8 Å². The summed E-state index contributed by atoms with van der Waals surface area (Å²) in [6.07, 6.45) is -0.327. The van der Waals surface area contributed by atoms with Crippen molar-refractivity contribution >= 4 is 28.3 Å². The molecule has 3 aromatic carbocycles. The summed E-state index contributed by atoms with van der Waals surface area (Å²) >= 11 is 5.96. The van der Waals surface area contributed by atoms with E-state index in [2.05, 4.69) is 10.5 Å². The third-order valence-corrected chi connectivity index (χ3v) is 4.69. The van der Waals surface area contributed by atoms with Crippen LogP contribution in [0.25, 0.3) is 22.0 Å². The summed E-state index contributed by atoms with van der Waals surface area (Å²) in [6.45, 7) is 0. The monoisotopic (exact) mass is 425 g/mol. The highest BCUT2D eigenvalue weighted by molar-refractivity contribution is 6.30. The number of nitrogens with one attached hydrogen (secondary N) is 1. The summed E-state index contributed by atoms with van der Waals surface area (Å²) in [6, 6.07) is 16.6. The quantitative estimate of drug-likeness (QED) is 0.530. The Hall–Kier alpha value is -3.58. The van der Waals surface area contributed by atoms with Crippen molar-refractivity contribution in [1.82, 2.24) is 9.89 Å². The lowest BCUT2D eigenvalue weighted by Gasteiger charge is -2.12. The summed E-state index contributed by atoms with van der Waals surface area (Å²) in [4.78, 5) is 26.1. The topological polar surface area (TPSA) is 64.0 Å². The van der Waals surface area contributed by atoms with Crippen LogP contribution in [0.15, 0.2) is 71.5 Å². The van der Waals surface area contributed by atoms with Crippen LogP contribution in [0.1, 0.15) is 5.56 Å². The second kappa shape index (κ2) is 8.04. The zero-order valence-corrected chi connectivity index (χ0v) is 16.2. The predicted molar refractivity (Wildman–Crippen MR) is 111 cm³/mol. The standard InChI is InChI=1S/C22H14ClF2N3O2/c23-15-7-5-14(6-8-15)21-18-3-1-2-4-19(18)22(30)28(27-21)26-20(29)11-13-9-16(24)12-17(25)10-13/h1-10,12H,11H2,(H,26,29). The van der Waals surface area contributed by atoms with Crippen molar-refractivity contribution in [3.8, 4) is 11.3 Å². The number of carbonyl (C=O) groups excluding carboxylic acids is 1. The van der Waals surface area contributed by atoms with Crippen molar-refractivity contribution in [1.29, 1.82) is 0 Å². The Morgan fingerprint density at radius 2 is 1.60 bits per heavy atom. The average molecular weight is 426 g/mol. The highest BCUT2D eigenvalue weighted by atomic mass is 35.5. The molecule has 0 saturated carbocycles. The second-order valence-electron chi connectivity index (χ2n) is 6.61. The first-order valence-corrected chi connectivity index (χ1v) is 9.31. The van der Waals surface area contributed by atoms with Crippen molar-refractivity contribution in [2.75, 3.05) is 5.43 Å². The van der Waals surface area contributed by atoms with E-state index in [4.69, 9.17) is 11.6 Å². The Morgan fingerprint density at radius 3 is 2.27 bits per heavy atom. The minimum absolute atomic E-state index is 0.136. The van der Waals surface area contributed by atoms with Gasteiger partial charge in [0.25, 0.3) is 5.56 Å². The largest absolute Gasteiger partial charge is 0.294 e. The molecule has 5 nitrogen and oxygen atoms in total. The highest BCUT2D eigenvalue weighted by Crippen LogP contribution is 2.25. The van der Waals surface area contributed by atoms with E-state index in [0.717, 1.165) is 23.0 Å². The molecule has 4 rings (SSSR count). The van der Waals surface area contributed by atoms with Crippen LogP contribution >= 0.6 is 11.6 Å². The van der Waals surface area contributed by atoms with Gasteiger partial charge in [-0.2, -0.15) is 0 Å². The van der Waals surface area contributed by atoms with Gasteiger partial charge in [0, 0.05) is 22.0 Å². The van der Waals surface area contributed by atoms with Crippen LogP contribution in [0, 0.1) is 11.6 Å². The summed E-state index contributed by atoms with van der Waals surface area (Å²) in [7, 11) is 0. The minimum Gasteiger partial charge on any atom is -0.273 e. The van der Waals surface area contributed by atoms with E-state index >= 15 is 0 Å². The fourth-order valence-corrected chi connectivity index (χ4v) is 3.27. The van der Waals surface area contributed by atoms with Gasteiger partial charge in [0.2, 0.25) is 5.91 Å². The molecule has 0 unspecified atom stereocenters. The Kier molecular flexibility index (Phi) is 5.29. The van der Waals surface area contributed by atoms with E-state index in [1.165, 1.54) is 0 Å². The number of carbonyl (C=O) groups is 1. The van der Waals surface area contributed by atoms with Gasteiger partial charge < -0.3 is 0 Å². The third kappa shape index (κ3) is 4.06. The summed E-state index contributed by atoms with van der Waals surface area (Å²) < 4.78 is 26.7. The number of nitrogens with zero attached hydrogens (tertiary/aromatic N) is 2. The van der Waals surface area contributed by atoms with Crippen molar-refractivity contribution in [2.45, 2.75) is 6.42 Å². The van der Waals surface area contributed by atoms with Crippen LogP contribution in [0.4, 0.5) is 8.78 Å². The lowest BCUT2D eigenvalue weighted by molar-refractivity contribution is -0.116. The molecule has 0 fully saturated rings. The van der Waals surface area contributed by atoms with Crippen molar-refractivity contribution in [3.05, 3.63) is 99.3 Å². The molecule has 1 amide bonds. The molecule has 0 aliphatic rings. The van der Waals surface area contributed by atoms with Gasteiger partial charge in [-0.3, -0.25) is 9.59 Å². The highest BCUT2D eigenvalue weighted by Gasteiger charge is 2.14.